The number of rotatable bonds is 4. The maximum Gasteiger partial charge on any atom is 0.354 e. The van der Waals surface area contributed by atoms with Crippen LogP contribution in [0.15, 0.2) is 42.2 Å². The zero-order valence-electron chi connectivity index (χ0n) is 15.4. The number of nitrogens with one attached hydrogen (secondary N) is 1. The van der Waals surface area contributed by atoms with Gasteiger partial charge in [-0.25, -0.2) is 13.9 Å². The first-order chi connectivity index (χ1) is 13.3. The number of hydrogen-bond acceptors (Lipinski definition) is 3. The van der Waals surface area contributed by atoms with Crippen LogP contribution in [0.1, 0.15) is 63.5 Å². The summed E-state index contributed by atoms with van der Waals surface area (Å²) in [5, 5.41) is 0. The minimum Gasteiger partial charge on any atom is -0.255 e. The van der Waals surface area contributed by atoms with Gasteiger partial charge in [0.15, 0.2) is 0 Å². The van der Waals surface area contributed by atoms with E-state index >= 15 is 0 Å². The zero-order chi connectivity index (χ0) is 18.2. The summed E-state index contributed by atoms with van der Waals surface area (Å²) in [7, 11) is 0. The lowest BCUT2D eigenvalue weighted by atomic mass is 10.2. The van der Waals surface area contributed by atoms with Crippen molar-refractivity contribution in [3.8, 4) is 11.9 Å². The van der Waals surface area contributed by atoms with Crippen molar-refractivity contribution < 1.29 is 9.13 Å². The van der Waals surface area contributed by atoms with Crippen LogP contribution in [-0.2, 0) is 0 Å². The molecule has 1 N–H and O–H groups in total. The smallest absolute Gasteiger partial charge is 0.255 e. The Kier molecular flexibility index (Phi) is 4.10. The first kappa shape index (κ1) is 16.4. The molecule has 0 aromatic carbocycles. The van der Waals surface area contributed by atoms with E-state index in [4.69, 9.17) is 0 Å². The summed E-state index contributed by atoms with van der Waals surface area (Å²) in [6, 6.07) is 1.09. The Morgan fingerprint density at radius 3 is 2.04 bits per heavy atom. The fourth-order valence-electron chi connectivity index (χ4n) is 4.42. The van der Waals surface area contributed by atoms with E-state index in [1.807, 2.05) is 40.4 Å². The van der Waals surface area contributed by atoms with Crippen molar-refractivity contribution in [1.82, 2.24) is 24.1 Å². The average molecular weight is 367 g/mol. The van der Waals surface area contributed by atoms with E-state index in [1.54, 1.807) is 0 Å². The zero-order valence-corrected chi connectivity index (χ0v) is 15.4. The summed E-state index contributed by atoms with van der Waals surface area (Å²) < 4.78 is 8.11. The SMILES string of the molecule is O=c1nc(-n2cc[n+](C3CCCC3)c2)nc(-n2cc[n+](C3CCCC3)c2)[nH]1. The highest BCUT2D eigenvalue weighted by molar-refractivity contribution is 5.16. The minimum atomic E-state index is -0.391. The molecule has 2 aliphatic rings. The van der Waals surface area contributed by atoms with Crippen LogP contribution in [0.25, 0.3) is 11.9 Å². The van der Waals surface area contributed by atoms with E-state index in [1.165, 1.54) is 51.4 Å². The van der Waals surface area contributed by atoms with E-state index in [0.29, 0.717) is 24.0 Å². The summed E-state index contributed by atoms with van der Waals surface area (Å²) in [5.41, 5.74) is -0.391. The molecule has 0 spiro atoms. The highest BCUT2D eigenvalue weighted by atomic mass is 16.1. The Hall–Kier alpha value is -2.77. The van der Waals surface area contributed by atoms with Gasteiger partial charge in [-0.15, -0.1) is 9.97 Å². The second-order valence-corrected chi connectivity index (χ2v) is 7.69. The lowest BCUT2D eigenvalue weighted by molar-refractivity contribution is -0.721. The van der Waals surface area contributed by atoms with Gasteiger partial charge in [-0.1, -0.05) is 0 Å². The molecule has 0 radical (unpaired) electrons. The molecule has 0 aliphatic heterocycles. The molecule has 0 unspecified atom stereocenters. The molecule has 2 saturated carbocycles. The number of aromatic nitrogens is 7. The Bertz CT molecular complexity index is 914. The molecular formula is C19H25N7O+2. The van der Waals surface area contributed by atoms with Gasteiger partial charge >= 0.3 is 17.6 Å². The van der Waals surface area contributed by atoms with Crippen molar-refractivity contribution in [3.63, 3.8) is 0 Å². The van der Waals surface area contributed by atoms with Crippen LogP contribution in [0.2, 0.25) is 0 Å². The van der Waals surface area contributed by atoms with E-state index < -0.39 is 5.69 Å². The summed E-state index contributed by atoms with van der Waals surface area (Å²) in [6.07, 6.45) is 21.9. The van der Waals surface area contributed by atoms with E-state index in [2.05, 4.69) is 30.3 Å². The minimum absolute atomic E-state index is 0.391. The van der Waals surface area contributed by atoms with Crippen molar-refractivity contribution in [1.29, 1.82) is 0 Å². The second-order valence-electron chi connectivity index (χ2n) is 7.69. The van der Waals surface area contributed by atoms with Crippen molar-refractivity contribution >= 4 is 0 Å². The number of imidazole rings is 2. The quantitative estimate of drug-likeness (QED) is 0.711. The second kappa shape index (κ2) is 6.75. The highest BCUT2D eigenvalue weighted by Crippen LogP contribution is 2.25. The maximum absolute atomic E-state index is 12.1. The highest BCUT2D eigenvalue weighted by Gasteiger charge is 2.24. The lowest BCUT2D eigenvalue weighted by Crippen LogP contribution is -2.36. The van der Waals surface area contributed by atoms with Gasteiger partial charge in [-0.05, 0) is 51.4 Å². The number of H-pyrrole nitrogens is 1. The first-order valence-corrected chi connectivity index (χ1v) is 9.93. The van der Waals surface area contributed by atoms with Crippen LogP contribution in [0, 0.1) is 0 Å². The maximum atomic E-state index is 12.1. The monoisotopic (exact) mass is 367 g/mol. The Balaban J connectivity index is 1.45. The van der Waals surface area contributed by atoms with Crippen molar-refractivity contribution in [2.45, 2.75) is 63.5 Å². The van der Waals surface area contributed by atoms with Crippen LogP contribution in [0.5, 0.6) is 0 Å². The molecular weight excluding hydrogens is 342 g/mol. The fraction of sp³-hybridized carbons (Fsp3) is 0.526. The molecule has 8 nitrogen and oxygen atoms in total. The molecule has 8 heteroatoms. The van der Waals surface area contributed by atoms with Gasteiger partial charge in [0, 0.05) is 0 Å². The molecule has 3 aromatic rings. The topological polar surface area (TPSA) is 76.3 Å². The van der Waals surface area contributed by atoms with Gasteiger partial charge in [0.1, 0.15) is 36.9 Å². The predicted molar refractivity (Wildman–Crippen MR) is 96.7 cm³/mol. The third-order valence-electron chi connectivity index (χ3n) is 5.91. The molecule has 5 rings (SSSR count). The number of aromatic amines is 1. The average Bonchev–Trinajstić information content (AvgIpc) is 3.49. The summed E-state index contributed by atoms with van der Waals surface area (Å²) in [6.45, 7) is 0. The number of hydrogen-bond donors (Lipinski definition) is 1. The van der Waals surface area contributed by atoms with Gasteiger partial charge in [0.2, 0.25) is 0 Å². The van der Waals surface area contributed by atoms with Crippen molar-refractivity contribution in [2.75, 3.05) is 0 Å². The molecule has 3 aromatic heterocycles. The van der Waals surface area contributed by atoms with Crippen LogP contribution in [-0.4, -0.2) is 24.1 Å². The van der Waals surface area contributed by atoms with E-state index in [9.17, 15) is 4.79 Å². The largest absolute Gasteiger partial charge is 0.354 e. The van der Waals surface area contributed by atoms with Crippen molar-refractivity contribution in [3.05, 3.63) is 47.9 Å². The summed E-state index contributed by atoms with van der Waals surface area (Å²) >= 11 is 0. The van der Waals surface area contributed by atoms with Crippen LogP contribution < -0.4 is 14.8 Å². The fourth-order valence-corrected chi connectivity index (χ4v) is 4.42. The Labute approximate surface area is 157 Å². The Morgan fingerprint density at radius 2 is 1.41 bits per heavy atom. The summed E-state index contributed by atoms with van der Waals surface area (Å²) in [5.74, 6) is 0.884. The molecule has 0 saturated heterocycles. The molecule has 0 atom stereocenters. The molecule has 2 aliphatic carbocycles. The lowest BCUT2D eigenvalue weighted by Gasteiger charge is -2.03. The molecule has 0 bridgehead atoms. The van der Waals surface area contributed by atoms with Crippen LogP contribution in [0.4, 0.5) is 0 Å². The third-order valence-corrected chi connectivity index (χ3v) is 5.91. The van der Waals surface area contributed by atoms with E-state index in [-0.39, 0.29) is 0 Å². The third kappa shape index (κ3) is 3.20. The molecule has 0 amide bonds. The molecule has 2 fully saturated rings. The van der Waals surface area contributed by atoms with Gasteiger partial charge in [-0.3, -0.25) is 4.98 Å². The molecule has 27 heavy (non-hydrogen) atoms. The van der Waals surface area contributed by atoms with Crippen molar-refractivity contribution in [2.24, 2.45) is 0 Å². The van der Waals surface area contributed by atoms with Gasteiger partial charge in [-0.2, -0.15) is 9.13 Å². The summed E-state index contributed by atoms with van der Waals surface area (Å²) in [4.78, 5) is 23.5. The van der Waals surface area contributed by atoms with Gasteiger partial charge < -0.3 is 0 Å². The standard InChI is InChI=1S/C19H24N7O/c27-19-21-17(25-11-9-23(13-25)15-5-1-2-6-15)20-18(22-19)26-12-10-24(14-26)16-7-3-4-8-16/h9-16H,1-8H2/q+1/p+1. The van der Waals surface area contributed by atoms with Crippen LogP contribution in [0.3, 0.4) is 0 Å². The number of nitrogens with zero attached hydrogens (tertiary/aromatic N) is 6. The van der Waals surface area contributed by atoms with Gasteiger partial charge in [0.25, 0.3) is 12.7 Å². The molecule has 3 heterocycles. The first-order valence-electron chi connectivity index (χ1n) is 9.93. The predicted octanol–water partition coefficient (Wildman–Crippen LogP) is 1.55. The van der Waals surface area contributed by atoms with Gasteiger partial charge in [0.05, 0.1) is 0 Å². The Morgan fingerprint density at radius 1 is 0.852 bits per heavy atom. The normalized spacial score (nSPS) is 18.5. The van der Waals surface area contributed by atoms with E-state index in [0.717, 1.165) is 0 Å². The molecule has 140 valence electrons. The van der Waals surface area contributed by atoms with Crippen LogP contribution >= 0.6 is 0 Å².